The average Bonchev–Trinajstić information content (AvgIpc) is 3.14. The van der Waals surface area contributed by atoms with Crippen molar-refractivity contribution in [3.63, 3.8) is 0 Å². The van der Waals surface area contributed by atoms with Crippen LogP contribution in [0, 0.1) is 11.8 Å². The van der Waals surface area contributed by atoms with Gasteiger partial charge in [-0.1, -0.05) is 30.4 Å². The smallest absolute Gasteiger partial charge is 0.243 e. The maximum absolute atomic E-state index is 12.6. The van der Waals surface area contributed by atoms with Gasteiger partial charge in [0.1, 0.15) is 0 Å². The van der Waals surface area contributed by atoms with E-state index in [4.69, 9.17) is 0 Å². The first-order valence-electron chi connectivity index (χ1n) is 9.04. The van der Waals surface area contributed by atoms with Crippen LogP contribution in [0.25, 0.3) is 0 Å². The summed E-state index contributed by atoms with van der Waals surface area (Å²) in [6, 6.07) is 8.58. The molecule has 0 aromatic heterocycles. The quantitative estimate of drug-likeness (QED) is 0.791. The lowest BCUT2D eigenvalue weighted by Crippen LogP contribution is -2.41. The molecule has 1 atom stereocenters. The van der Waals surface area contributed by atoms with Gasteiger partial charge in [-0.25, -0.2) is 8.42 Å². The Bertz CT molecular complexity index is 707. The fourth-order valence-corrected chi connectivity index (χ4v) is 5.02. The molecule has 1 unspecified atom stereocenters. The molecule has 0 radical (unpaired) electrons. The second kappa shape index (κ2) is 8.15. The maximum Gasteiger partial charge on any atom is 0.243 e. The third-order valence-corrected chi connectivity index (χ3v) is 7.02. The number of carbonyl (C=O) groups excluding carboxylic acids is 1. The van der Waals surface area contributed by atoms with Gasteiger partial charge in [0.05, 0.1) is 4.90 Å². The molecule has 1 aliphatic heterocycles. The van der Waals surface area contributed by atoms with Gasteiger partial charge in [-0.2, -0.15) is 4.31 Å². The molecule has 0 saturated carbocycles. The Kier molecular flexibility index (Phi) is 5.91. The van der Waals surface area contributed by atoms with E-state index in [0.29, 0.717) is 42.8 Å². The van der Waals surface area contributed by atoms with E-state index >= 15 is 0 Å². The molecular formula is C19H26N2O3S. The lowest BCUT2D eigenvalue weighted by molar-refractivity contribution is -0.121. The zero-order valence-electron chi connectivity index (χ0n) is 14.4. The van der Waals surface area contributed by atoms with Gasteiger partial charge in [0, 0.05) is 26.1 Å². The Balaban J connectivity index is 1.44. The SMILES string of the molecule is O=C(CC1C=CCC1)NCC1CCN(S(=O)(=O)c2ccccc2)CC1. The van der Waals surface area contributed by atoms with Crippen LogP contribution in [-0.2, 0) is 14.8 Å². The van der Waals surface area contributed by atoms with Gasteiger partial charge >= 0.3 is 0 Å². The predicted molar refractivity (Wildman–Crippen MR) is 97.4 cm³/mol. The molecule has 1 N–H and O–H groups in total. The monoisotopic (exact) mass is 362 g/mol. The molecule has 1 aliphatic carbocycles. The zero-order chi connectivity index (χ0) is 17.7. The van der Waals surface area contributed by atoms with Crippen molar-refractivity contribution < 1.29 is 13.2 Å². The molecule has 1 fully saturated rings. The molecular weight excluding hydrogens is 336 g/mol. The van der Waals surface area contributed by atoms with Crippen LogP contribution in [-0.4, -0.2) is 38.3 Å². The lowest BCUT2D eigenvalue weighted by atomic mass is 9.98. The second-order valence-corrected chi connectivity index (χ2v) is 8.87. The van der Waals surface area contributed by atoms with E-state index in [9.17, 15) is 13.2 Å². The molecule has 0 spiro atoms. The topological polar surface area (TPSA) is 66.5 Å². The summed E-state index contributed by atoms with van der Waals surface area (Å²) in [6.45, 7) is 1.68. The Hall–Kier alpha value is -1.66. The van der Waals surface area contributed by atoms with Crippen LogP contribution in [0.1, 0.15) is 32.1 Å². The molecule has 1 amide bonds. The third kappa shape index (κ3) is 4.70. The highest BCUT2D eigenvalue weighted by Gasteiger charge is 2.29. The first-order chi connectivity index (χ1) is 12.1. The van der Waals surface area contributed by atoms with Gasteiger partial charge in [0.25, 0.3) is 0 Å². The van der Waals surface area contributed by atoms with E-state index in [1.807, 2.05) is 6.07 Å². The summed E-state index contributed by atoms with van der Waals surface area (Å²) in [4.78, 5) is 12.4. The number of hydrogen-bond donors (Lipinski definition) is 1. The minimum Gasteiger partial charge on any atom is -0.356 e. The Morgan fingerprint density at radius 1 is 1.12 bits per heavy atom. The van der Waals surface area contributed by atoms with E-state index in [0.717, 1.165) is 25.7 Å². The highest BCUT2D eigenvalue weighted by Crippen LogP contribution is 2.24. The van der Waals surface area contributed by atoms with Gasteiger partial charge in [0.2, 0.25) is 15.9 Å². The summed E-state index contributed by atoms with van der Waals surface area (Å²) in [5.74, 6) is 0.846. The molecule has 136 valence electrons. The van der Waals surface area contributed by atoms with Gasteiger partial charge in [0.15, 0.2) is 0 Å². The van der Waals surface area contributed by atoms with Crippen molar-refractivity contribution in [2.75, 3.05) is 19.6 Å². The number of allylic oxidation sites excluding steroid dienone is 2. The molecule has 1 saturated heterocycles. The molecule has 0 bridgehead atoms. The van der Waals surface area contributed by atoms with E-state index < -0.39 is 10.0 Å². The van der Waals surface area contributed by atoms with Gasteiger partial charge in [-0.05, 0) is 49.7 Å². The number of benzene rings is 1. The number of amides is 1. The van der Waals surface area contributed by atoms with Crippen LogP contribution in [0.15, 0.2) is 47.4 Å². The molecule has 3 rings (SSSR count). The number of nitrogens with zero attached hydrogens (tertiary/aromatic N) is 1. The maximum atomic E-state index is 12.6. The number of nitrogens with one attached hydrogen (secondary N) is 1. The van der Waals surface area contributed by atoms with E-state index in [1.54, 1.807) is 28.6 Å². The standard InChI is InChI=1S/C19H26N2O3S/c22-19(14-16-6-4-5-7-16)20-15-17-10-12-21(13-11-17)25(23,24)18-8-2-1-3-9-18/h1-4,6,8-9,16-17H,5,7,10-15H2,(H,20,22). The molecule has 1 heterocycles. The van der Waals surface area contributed by atoms with Crippen LogP contribution in [0.5, 0.6) is 0 Å². The number of hydrogen-bond acceptors (Lipinski definition) is 3. The van der Waals surface area contributed by atoms with Crippen LogP contribution in [0.2, 0.25) is 0 Å². The highest BCUT2D eigenvalue weighted by molar-refractivity contribution is 7.89. The minimum atomic E-state index is -3.39. The van der Waals surface area contributed by atoms with Crippen molar-refractivity contribution in [1.82, 2.24) is 9.62 Å². The van der Waals surface area contributed by atoms with Crippen LogP contribution in [0.3, 0.4) is 0 Å². The van der Waals surface area contributed by atoms with E-state index in [-0.39, 0.29) is 5.91 Å². The molecule has 1 aromatic rings. The minimum absolute atomic E-state index is 0.107. The van der Waals surface area contributed by atoms with Crippen molar-refractivity contribution in [1.29, 1.82) is 0 Å². The Morgan fingerprint density at radius 3 is 2.48 bits per heavy atom. The van der Waals surface area contributed by atoms with Gasteiger partial charge < -0.3 is 5.32 Å². The summed E-state index contributed by atoms with van der Waals surface area (Å²) in [5, 5.41) is 3.02. The predicted octanol–water partition coefficient (Wildman–Crippen LogP) is 2.56. The van der Waals surface area contributed by atoms with Crippen LogP contribution >= 0.6 is 0 Å². The first-order valence-corrected chi connectivity index (χ1v) is 10.5. The summed E-state index contributed by atoms with van der Waals surface area (Å²) in [7, 11) is -3.39. The first kappa shape index (κ1) is 18.1. The lowest BCUT2D eigenvalue weighted by Gasteiger charge is -2.31. The molecule has 1 aromatic carbocycles. The van der Waals surface area contributed by atoms with Crippen molar-refractivity contribution in [3.05, 3.63) is 42.5 Å². The zero-order valence-corrected chi connectivity index (χ0v) is 15.2. The number of rotatable bonds is 6. The summed E-state index contributed by atoms with van der Waals surface area (Å²) in [6.07, 6.45) is 8.56. The van der Waals surface area contributed by atoms with Gasteiger partial charge in [-0.3, -0.25) is 4.79 Å². The Labute approximate surface area is 150 Å². The molecule has 5 nitrogen and oxygen atoms in total. The van der Waals surface area contributed by atoms with E-state index in [2.05, 4.69) is 17.5 Å². The summed E-state index contributed by atoms with van der Waals surface area (Å²) >= 11 is 0. The van der Waals surface area contributed by atoms with Crippen molar-refractivity contribution in [2.24, 2.45) is 11.8 Å². The molecule has 25 heavy (non-hydrogen) atoms. The fourth-order valence-electron chi connectivity index (χ4n) is 3.53. The fraction of sp³-hybridized carbons (Fsp3) is 0.526. The van der Waals surface area contributed by atoms with Crippen molar-refractivity contribution in [2.45, 2.75) is 37.0 Å². The largest absolute Gasteiger partial charge is 0.356 e. The third-order valence-electron chi connectivity index (χ3n) is 5.10. The van der Waals surface area contributed by atoms with Crippen LogP contribution in [0.4, 0.5) is 0 Å². The van der Waals surface area contributed by atoms with Crippen molar-refractivity contribution in [3.8, 4) is 0 Å². The highest BCUT2D eigenvalue weighted by atomic mass is 32.2. The second-order valence-electron chi connectivity index (χ2n) is 6.93. The van der Waals surface area contributed by atoms with Crippen LogP contribution < -0.4 is 5.32 Å². The van der Waals surface area contributed by atoms with Crippen molar-refractivity contribution >= 4 is 15.9 Å². The number of piperidine rings is 1. The average molecular weight is 362 g/mol. The summed E-state index contributed by atoms with van der Waals surface area (Å²) in [5.41, 5.74) is 0. The summed E-state index contributed by atoms with van der Waals surface area (Å²) < 4.78 is 26.8. The van der Waals surface area contributed by atoms with Gasteiger partial charge in [-0.15, -0.1) is 0 Å². The molecule has 2 aliphatic rings. The van der Waals surface area contributed by atoms with E-state index in [1.165, 1.54) is 0 Å². The normalized spacial score (nSPS) is 22.2. The molecule has 6 heteroatoms. The number of carbonyl (C=O) groups is 1. The Morgan fingerprint density at radius 2 is 1.84 bits per heavy atom. The number of sulfonamides is 1.